The first-order chi connectivity index (χ1) is 9.55. The zero-order chi connectivity index (χ0) is 14.8. The molecule has 0 aliphatic rings. The summed E-state index contributed by atoms with van der Waals surface area (Å²) in [7, 11) is 0. The number of benzene rings is 1. The van der Waals surface area contributed by atoms with E-state index in [2.05, 4.69) is 12.2 Å². The average molecular weight is 326 g/mol. The summed E-state index contributed by atoms with van der Waals surface area (Å²) in [6, 6.07) is 5.66. The average Bonchev–Trinajstić information content (AvgIpc) is 2.41. The molecule has 0 unspecified atom stereocenters. The van der Waals surface area contributed by atoms with Gasteiger partial charge in [-0.2, -0.15) is 13.2 Å². The summed E-state index contributed by atoms with van der Waals surface area (Å²) in [5, 5.41) is 3.03. The van der Waals surface area contributed by atoms with E-state index in [-0.39, 0.29) is 24.5 Å². The third kappa shape index (κ3) is 8.29. The van der Waals surface area contributed by atoms with E-state index in [0.29, 0.717) is 13.2 Å². The zero-order valence-corrected chi connectivity index (χ0v) is 13.0. The number of rotatable bonds is 9. The lowest BCUT2D eigenvalue weighted by Crippen LogP contribution is -2.19. The predicted octanol–water partition coefficient (Wildman–Crippen LogP) is 4.42. The van der Waals surface area contributed by atoms with Gasteiger partial charge in [-0.15, -0.1) is 12.4 Å². The fourth-order valence-corrected chi connectivity index (χ4v) is 1.82. The molecule has 0 radical (unpaired) electrons. The van der Waals surface area contributed by atoms with Crippen LogP contribution in [-0.2, 0) is 17.5 Å². The van der Waals surface area contributed by atoms with Crippen molar-refractivity contribution in [1.29, 1.82) is 0 Å². The Balaban J connectivity index is 0.00000400. The van der Waals surface area contributed by atoms with E-state index in [0.717, 1.165) is 31.9 Å². The lowest BCUT2D eigenvalue weighted by Gasteiger charge is -2.13. The first kappa shape index (κ1) is 20.2. The highest BCUT2D eigenvalue weighted by molar-refractivity contribution is 5.85. The minimum Gasteiger partial charge on any atom is -0.381 e. The number of nitrogens with one attached hydrogen (secondary N) is 1. The third-order valence-corrected chi connectivity index (χ3v) is 2.92. The van der Waals surface area contributed by atoms with E-state index >= 15 is 0 Å². The largest absolute Gasteiger partial charge is 0.416 e. The van der Waals surface area contributed by atoms with Gasteiger partial charge in [0.25, 0.3) is 0 Å². The van der Waals surface area contributed by atoms with Gasteiger partial charge in [-0.05, 0) is 31.0 Å². The van der Waals surface area contributed by atoms with Gasteiger partial charge in [0.15, 0.2) is 0 Å². The van der Waals surface area contributed by atoms with Crippen molar-refractivity contribution in [3.8, 4) is 0 Å². The van der Waals surface area contributed by atoms with Gasteiger partial charge < -0.3 is 10.1 Å². The molecule has 0 fully saturated rings. The molecule has 0 aromatic heterocycles. The monoisotopic (exact) mass is 325 g/mol. The van der Waals surface area contributed by atoms with Gasteiger partial charge in [-0.3, -0.25) is 0 Å². The Morgan fingerprint density at radius 2 is 1.76 bits per heavy atom. The molecule has 0 saturated heterocycles. The Morgan fingerprint density at radius 1 is 1.10 bits per heavy atom. The molecule has 0 amide bonds. The Kier molecular flexibility index (Phi) is 10.5. The van der Waals surface area contributed by atoms with Crippen molar-refractivity contribution >= 4 is 12.4 Å². The van der Waals surface area contributed by atoms with Crippen LogP contribution in [0.4, 0.5) is 13.2 Å². The molecule has 0 heterocycles. The van der Waals surface area contributed by atoms with Crippen molar-refractivity contribution in [3.63, 3.8) is 0 Å². The van der Waals surface area contributed by atoms with Crippen molar-refractivity contribution in [1.82, 2.24) is 5.32 Å². The van der Waals surface area contributed by atoms with Crippen molar-refractivity contribution in [2.24, 2.45) is 0 Å². The van der Waals surface area contributed by atoms with Gasteiger partial charge in [0, 0.05) is 19.8 Å². The summed E-state index contributed by atoms with van der Waals surface area (Å²) < 4.78 is 43.6. The number of alkyl halides is 3. The SMILES string of the molecule is CCCCOCCCNCc1ccccc1C(F)(F)F.Cl. The molecule has 21 heavy (non-hydrogen) atoms. The second-order valence-corrected chi connectivity index (χ2v) is 4.65. The second-order valence-electron chi connectivity index (χ2n) is 4.65. The van der Waals surface area contributed by atoms with Crippen LogP contribution in [0.1, 0.15) is 37.3 Å². The molecule has 1 rings (SSSR count). The zero-order valence-electron chi connectivity index (χ0n) is 12.2. The second kappa shape index (κ2) is 10.9. The van der Waals surface area contributed by atoms with Gasteiger partial charge >= 0.3 is 6.18 Å². The topological polar surface area (TPSA) is 21.3 Å². The molecule has 0 aliphatic carbocycles. The van der Waals surface area contributed by atoms with Crippen molar-refractivity contribution < 1.29 is 17.9 Å². The molecule has 1 N–H and O–H groups in total. The summed E-state index contributed by atoms with van der Waals surface area (Å²) >= 11 is 0. The Bertz CT molecular complexity index is 385. The van der Waals surface area contributed by atoms with E-state index in [1.807, 2.05) is 0 Å². The van der Waals surface area contributed by atoms with Crippen molar-refractivity contribution in [2.45, 2.75) is 38.9 Å². The summed E-state index contributed by atoms with van der Waals surface area (Å²) in [6.45, 7) is 4.38. The quantitative estimate of drug-likeness (QED) is 0.678. The maximum Gasteiger partial charge on any atom is 0.416 e. The van der Waals surface area contributed by atoms with E-state index in [1.165, 1.54) is 12.1 Å². The van der Waals surface area contributed by atoms with Crippen LogP contribution in [0.25, 0.3) is 0 Å². The summed E-state index contributed by atoms with van der Waals surface area (Å²) in [5.74, 6) is 0. The Labute approximate surface area is 130 Å². The van der Waals surface area contributed by atoms with Crippen LogP contribution in [0.15, 0.2) is 24.3 Å². The third-order valence-electron chi connectivity index (χ3n) is 2.92. The van der Waals surface area contributed by atoms with Crippen LogP contribution in [0, 0.1) is 0 Å². The number of hydrogen-bond donors (Lipinski definition) is 1. The van der Waals surface area contributed by atoms with E-state index < -0.39 is 11.7 Å². The van der Waals surface area contributed by atoms with Crippen LogP contribution in [0.3, 0.4) is 0 Å². The van der Waals surface area contributed by atoms with Crippen LogP contribution >= 0.6 is 12.4 Å². The lowest BCUT2D eigenvalue weighted by molar-refractivity contribution is -0.138. The van der Waals surface area contributed by atoms with Crippen molar-refractivity contribution in [2.75, 3.05) is 19.8 Å². The van der Waals surface area contributed by atoms with Crippen molar-refractivity contribution in [3.05, 3.63) is 35.4 Å². The summed E-state index contributed by atoms with van der Waals surface area (Å²) in [4.78, 5) is 0. The molecule has 122 valence electrons. The standard InChI is InChI=1S/C15H22F3NO.ClH/c1-2-3-10-20-11-6-9-19-12-13-7-4-5-8-14(13)15(16,17)18;/h4-5,7-8,19H,2-3,6,9-12H2,1H3;1H. The Hall–Kier alpha value is -0.780. The van der Waals surface area contributed by atoms with Gasteiger partial charge in [0.05, 0.1) is 5.56 Å². The van der Waals surface area contributed by atoms with E-state index in [1.54, 1.807) is 6.07 Å². The molecule has 0 spiro atoms. The molecule has 0 aliphatic heterocycles. The first-order valence-electron chi connectivity index (χ1n) is 6.99. The van der Waals surface area contributed by atoms with Crippen LogP contribution < -0.4 is 5.32 Å². The maximum atomic E-state index is 12.7. The number of hydrogen-bond acceptors (Lipinski definition) is 2. The van der Waals surface area contributed by atoms with E-state index in [4.69, 9.17) is 4.74 Å². The molecule has 1 aromatic carbocycles. The molecular weight excluding hydrogens is 303 g/mol. The van der Waals surface area contributed by atoms with Gasteiger partial charge in [0.2, 0.25) is 0 Å². The molecule has 0 saturated carbocycles. The fourth-order valence-electron chi connectivity index (χ4n) is 1.82. The maximum absolute atomic E-state index is 12.7. The summed E-state index contributed by atoms with van der Waals surface area (Å²) in [5.41, 5.74) is -0.279. The molecule has 0 atom stereocenters. The lowest BCUT2D eigenvalue weighted by atomic mass is 10.1. The predicted molar refractivity (Wildman–Crippen MR) is 80.7 cm³/mol. The molecular formula is C15H23ClF3NO. The minimum atomic E-state index is -4.29. The van der Waals surface area contributed by atoms with Gasteiger partial charge in [-0.25, -0.2) is 0 Å². The highest BCUT2D eigenvalue weighted by Crippen LogP contribution is 2.31. The number of halogens is 4. The summed E-state index contributed by atoms with van der Waals surface area (Å²) in [6.07, 6.45) is -1.34. The fraction of sp³-hybridized carbons (Fsp3) is 0.600. The Morgan fingerprint density at radius 3 is 2.43 bits per heavy atom. The molecule has 2 nitrogen and oxygen atoms in total. The first-order valence-corrected chi connectivity index (χ1v) is 6.99. The molecule has 1 aromatic rings. The van der Waals surface area contributed by atoms with E-state index in [9.17, 15) is 13.2 Å². The normalized spacial score (nSPS) is 11.2. The van der Waals surface area contributed by atoms with Crippen LogP contribution in [0.5, 0.6) is 0 Å². The highest BCUT2D eigenvalue weighted by atomic mass is 35.5. The minimum absolute atomic E-state index is 0. The molecule has 6 heteroatoms. The smallest absolute Gasteiger partial charge is 0.381 e. The molecule has 0 bridgehead atoms. The van der Waals surface area contributed by atoms with Crippen LogP contribution in [0.2, 0.25) is 0 Å². The van der Waals surface area contributed by atoms with Crippen LogP contribution in [-0.4, -0.2) is 19.8 Å². The van der Waals surface area contributed by atoms with Gasteiger partial charge in [-0.1, -0.05) is 31.5 Å². The number of unbranched alkanes of at least 4 members (excludes halogenated alkanes) is 1. The van der Waals surface area contributed by atoms with Gasteiger partial charge in [0.1, 0.15) is 0 Å². The highest BCUT2D eigenvalue weighted by Gasteiger charge is 2.32. The number of ether oxygens (including phenoxy) is 1.